The second-order valence-electron chi connectivity index (χ2n) is 8.46. The molecule has 0 aliphatic carbocycles. The highest BCUT2D eigenvalue weighted by atomic mass is 32.1. The highest BCUT2D eigenvalue weighted by Crippen LogP contribution is 2.32. The van der Waals surface area contributed by atoms with Crippen molar-refractivity contribution >= 4 is 21.6 Å². The normalized spacial score (nSPS) is 13.4. The standard InChI is InChI=1S/C24H27F2N5O2S/c1-3-5-7-17-20(6-4-2)34-22-21(17)23(32)30(15-28-22)11-24(33,12-31-14-27-13-29-31)18-9-8-16(25)10-19(18)26/h8-10,13-15,33H,3-7,11-12H2,1-2H3. The van der Waals surface area contributed by atoms with Crippen LogP contribution in [0.2, 0.25) is 0 Å². The summed E-state index contributed by atoms with van der Waals surface area (Å²) in [6, 6.07) is 2.98. The summed E-state index contributed by atoms with van der Waals surface area (Å²) in [6.07, 6.45) is 8.62. The molecule has 1 atom stereocenters. The van der Waals surface area contributed by atoms with Crippen molar-refractivity contribution in [3.63, 3.8) is 0 Å². The summed E-state index contributed by atoms with van der Waals surface area (Å²) >= 11 is 1.53. The lowest BCUT2D eigenvalue weighted by molar-refractivity contribution is -0.00641. The maximum Gasteiger partial charge on any atom is 0.262 e. The predicted octanol–water partition coefficient (Wildman–Crippen LogP) is 4.21. The van der Waals surface area contributed by atoms with Gasteiger partial charge in [0.25, 0.3) is 5.56 Å². The van der Waals surface area contributed by atoms with Crippen LogP contribution in [0, 0.1) is 11.6 Å². The molecular formula is C24H27F2N5O2S. The summed E-state index contributed by atoms with van der Waals surface area (Å²) in [7, 11) is 0. The Morgan fingerprint density at radius 3 is 2.62 bits per heavy atom. The zero-order valence-corrected chi connectivity index (χ0v) is 20.0. The monoisotopic (exact) mass is 487 g/mol. The number of benzene rings is 1. The van der Waals surface area contributed by atoms with Gasteiger partial charge in [-0.1, -0.05) is 32.8 Å². The van der Waals surface area contributed by atoms with E-state index in [0.29, 0.717) is 16.3 Å². The molecule has 0 aliphatic rings. The molecule has 4 rings (SSSR count). The second-order valence-corrected chi connectivity index (χ2v) is 9.55. The van der Waals surface area contributed by atoms with Gasteiger partial charge in [-0.15, -0.1) is 11.3 Å². The molecule has 0 saturated carbocycles. The van der Waals surface area contributed by atoms with E-state index in [1.807, 2.05) is 0 Å². The third kappa shape index (κ3) is 4.78. The molecule has 0 radical (unpaired) electrons. The zero-order valence-electron chi connectivity index (χ0n) is 19.2. The maximum atomic E-state index is 14.8. The van der Waals surface area contributed by atoms with Crippen LogP contribution < -0.4 is 5.56 Å². The lowest BCUT2D eigenvalue weighted by Gasteiger charge is -2.29. The van der Waals surface area contributed by atoms with Crippen LogP contribution in [0.25, 0.3) is 10.2 Å². The number of aromatic nitrogens is 5. The number of unbranched alkanes of at least 4 members (excludes halogenated alkanes) is 1. The van der Waals surface area contributed by atoms with Gasteiger partial charge < -0.3 is 5.11 Å². The molecule has 0 bridgehead atoms. The highest BCUT2D eigenvalue weighted by Gasteiger charge is 2.35. The van der Waals surface area contributed by atoms with E-state index in [-0.39, 0.29) is 24.2 Å². The minimum absolute atomic E-state index is 0.139. The molecule has 180 valence electrons. The van der Waals surface area contributed by atoms with Crippen molar-refractivity contribution in [2.24, 2.45) is 0 Å². The molecule has 1 unspecified atom stereocenters. The number of fused-ring (bicyclic) bond motifs is 1. The van der Waals surface area contributed by atoms with Gasteiger partial charge in [-0.05, 0) is 30.9 Å². The lowest BCUT2D eigenvalue weighted by Crippen LogP contribution is -2.40. The Balaban J connectivity index is 1.82. The quantitative estimate of drug-likeness (QED) is 0.362. The molecule has 10 heteroatoms. The number of aryl methyl sites for hydroxylation is 2. The fourth-order valence-electron chi connectivity index (χ4n) is 4.24. The first kappa shape index (κ1) is 24.2. The Kier molecular flexibility index (Phi) is 7.18. The van der Waals surface area contributed by atoms with Crippen LogP contribution in [0.1, 0.15) is 49.1 Å². The van der Waals surface area contributed by atoms with Gasteiger partial charge in [0, 0.05) is 16.5 Å². The second kappa shape index (κ2) is 10.1. The van der Waals surface area contributed by atoms with Gasteiger partial charge in [0.15, 0.2) is 0 Å². The van der Waals surface area contributed by atoms with E-state index >= 15 is 0 Å². The average Bonchev–Trinajstić information content (AvgIpc) is 3.42. The van der Waals surface area contributed by atoms with Gasteiger partial charge in [0.1, 0.15) is 34.7 Å². The van der Waals surface area contributed by atoms with Crippen molar-refractivity contribution in [3.05, 3.63) is 75.2 Å². The third-order valence-electron chi connectivity index (χ3n) is 5.87. The summed E-state index contributed by atoms with van der Waals surface area (Å²) in [5, 5.41) is 16.2. The van der Waals surface area contributed by atoms with Crippen LogP contribution in [-0.4, -0.2) is 29.4 Å². The van der Waals surface area contributed by atoms with Crippen LogP contribution in [0.5, 0.6) is 0 Å². The molecule has 0 spiro atoms. The van der Waals surface area contributed by atoms with Gasteiger partial charge >= 0.3 is 0 Å². The molecule has 4 aromatic rings. The van der Waals surface area contributed by atoms with Crippen molar-refractivity contribution < 1.29 is 13.9 Å². The number of rotatable bonds is 10. The molecule has 3 heterocycles. The van der Waals surface area contributed by atoms with Crippen molar-refractivity contribution in [2.75, 3.05) is 0 Å². The minimum Gasteiger partial charge on any atom is -0.381 e. The first-order valence-corrected chi connectivity index (χ1v) is 12.2. The smallest absolute Gasteiger partial charge is 0.262 e. The maximum absolute atomic E-state index is 14.8. The lowest BCUT2D eigenvalue weighted by atomic mass is 9.92. The molecule has 7 nitrogen and oxygen atoms in total. The summed E-state index contributed by atoms with van der Waals surface area (Å²) in [4.78, 5) is 23.8. The summed E-state index contributed by atoms with van der Waals surface area (Å²) in [5.74, 6) is -1.67. The van der Waals surface area contributed by atoms with E-state index in [1.54, 1.807) is 0 Å². The Morgan fingerprint density at radius 1 is 1.12 bits per heavy atom. The molecule has 0 saturated heterocycles. The van der Waals surface area contributed by atoms with E-state index in [1.165, 1.54) is 45.6 Å². The Labute approximate surface area is 199 Å². The predicted molar refractivity (Wildman–Crippen MR) is 127 cm³/mol. The molecule has 0 fully saturated rings. The van der Waals surface area contributed by atoms with Gasteiger partial charge in [-0.2, -0.15) is 5.10 Å². The van der Waals surface area contributed by atoms with Crippen molar-refractivity contribution in [3.8, 4) is 0 Å². The topological polar surface area (TPSA) is 85.8 Å². The summed E-state index contributed by atoms with van der Waals surface area (Å²) in [6.45, 7) is 3.73. The fourth-order valence-corrected chi connectivity index (χ4v) is 5.52. The minimum atomic E-state index is -1.91. The highest BCUT2D eigenvalue weighted by molar-refractivity contribution is 7.18. The van der Waals surface area contributed by atoms with E-state index < -0.39 is 17.2 Å². The molecule has 0 amide bonds. The van der Waals surface area contributed by atoms with Gasteiger partial charge in [0.2, 0.25) is 0 Å². The van der Waals surface area contributed by atoms with Gasteiger partial charge in [0.05, 0.1) is 24.8 Å². The van der Waals surface area contributed by atoms with E-state index in [9.17, 15) is 18.7 Å². The van der Waals surface area contributed by atoms with Crippen molar-refractivity contribution in [1.82, 2.24) is 24.3 Å². The molecule has 34 heavy (non-hydrogen) atoms. The van der Waals surface area contributed by atoms with Crippen molar-refractivity contribution in [1.29, 1.82) is 0 Å². The Hall–Kier alpha value is -2.98. The van der Waals surface area contributed by atoms with E-state index in [2.05, 4.69) is 28.9 Å². The fraction of sp³-hybridized carbons (Fsp3) is 0.417. The van der Waals surface area contributed by atoms with Crippen LogP contribution in [-0.2, 0) is 31.5 Å². The number of thiophene rings is 1. The van der Waals surface area contributed by atoms with Crippen LogP contribution >= 0.6 is 11.3 Å². The molecule has 3 aromatic heterocycles. The Bertz CT molecular complexity index is 1340. The zero-order chi connectivity index (χ0) is 24.3. The van der Waals surface area contributed by atoms with Crippen molar-refractivity contribution in [2.45, 2.75) is 64.6 Å². The Morgan fingerprint density at radius 2 is 1.94 bits per heavy atom. The molecule has 0 aliphatic heterocycles. The number of nitrogens with zero attached hydrogens (tertiary/aromatic N) is 5. The van der Waals surface area contributed by atoms with Crippen LogP contribution in [0.4, 0.5) is 8.78 Å². The largest absolute Gasteiger partial charge is 0.381 e. The van der Waals surface area contributed by atoms with Gasteiger partial charge in [-0.25, -0.2) is 23.4 Å². The van der Waals surface area contributed by atoms with Gasteiger partial charge in [-0.3, -0.25) is 9.36 Å². The first-order chi connectivity index (χ1) is 16.4. The van der Waals surface area contributed by atoms with Crippen LogP contribution in [0.3, 0.4) is 0 Å². The number of halogens is 2. The summed E-state index contributed by atoms with van der Waals surface area (Å²) in [5.41, 5.74) is -1.31. The number of aliphatic hydroxyl groups is 1. The van der Waals surface area contributed by atoms with E-state index in [4.69, 9.17) is 0 Å². The van der Waals surface area contributed by atoms with Crippen LogP contribution in [0.15, 0.2) is 42.0 Å². The summed E-state index contributed by atoms with van der Waals surface area (Å²) < 4.78 is 31.0. The molecule has 1 aromatic carbocycles. The molecular weight excluding hydrogens is 460 g/mol. The third-order valence-corrected chi connectivity index (χ3v) is 7.07. The average molecular weight is 488 g/mol. The number of hydrogen-bond donors (Lipinski definition) is 1. The SMILES string of the molecule is CCCCc1c(CCC)sc2ncn(CC(O)(Cn3cncn3)c3ccc(F)cc3F)c(=O)c12. The first-order valence-electron chi connectivity index (χ1n) is 11.4. The van der Waals surface area contributed by atoms with E-state index in [0.717, 1.165) is 48.6 Å². The molecule has 1 N–H and O–H groups in total. The number of hydrogen-bond acceptors (Lipinski definition) is 6.